The van der Waals surface area contributed by atoms with Crippen LogP contribution < -0.4 is 10.3 Å². The summed E-state index contributed by atoms with van der Waals surface area (Å²) < 4.78 is 20.0. The van der Waals surface area contributed by atoms with Gasteiger partial charge in [0.1, 0.15) is 0 Å². The molecule has 0 aliphatic rings. The van der Waals surface area contributed by atoms with Crippen LogP contribution in [0.3, 0.4) is 0 Å². The summed E-state index contributed by atoms with van der Waals surface area (Å²) in [5, 5.41) is 0. The fraction of sp³-hybridized carbons (Fsp3) is 0.143. The SMILES string of the molecule is O=S([O-])NNCc1ccccc1. The first kappa shape index (κ1) is 9.34. The maximum absolute atomic E-state index is 10.0. The van der Waals surface area contributed by atoms with E-state index in [0.29, 0.717) is 6.54 Å². The van der Waals surface area contributed by atoms with Gasteiger partial charge in [0.05, 0.1) is 0 Å². The number of hydrazine groups is 1. The van der Waals surface area contributed by atoms with Crippen molar-refractivity contribution in [1.82, 2.24) is 10.3 Å². The van der Waals surface area contributed by atoms with Crippen LogP contribution in [0, 0.1) is 0 Å². The van der Waals surface area contributed by atoms with Gasteiger partial charge >= 0.3 is 0 Å². The second-order valence-electron chi connectivity index (χ2n) is 2.18. The summed E-state index contributed by atoms with van der Waals surface area (Å²) in [5.41, 5.74) is 3.56. The fourth-order valence-electron chi connectivity index (χ4n) is 0.793. The summed E-state index contributed by atoms with van der Waals surface area (Å²) in [6.07, 6.45) is 0. The van der Waals surface area contributed by atoms with Gasteiger partial charge in [-0.3, -0.25) is 4.21 Å². The zero-order chi connectivity index (χ0) is 8.81. The molecule has 0 spiro atoms. The van der Waals surface area contributed by atoms with Gasteiger partial charge in [-0.05, 0) is 5.56 Å². The second-order valence-corrected chi connectivity index (χ2v) is 2.85. The fourth-order valence-corrected chi connectivity index (χ4v) is 0.983. The van der Waals surface area contributed by atoms with Gasteiger partial charge in [-0.15, -0.1) is 0 Å². The van der Waals surface area contributed by atoms with Crippen molar-refractivity contribution in [2.45, 2.75) is 6.54 Å². The van der Waals surface area contributed by atoms with Crippen molar-refractivity contribution >= 4 is 11.3 Å². The minimum absolute atomic E-state index is 0.481. The number of hydrogen-bond acceptors (Lipinski definition) is 3. The van der Waals surface area contributed by atoms with Crippen molar-refractivity contribution in [2.75, 3.05) is 0 Å². The average Bonchev–Trinajstić information content (AvgIpc) is 2.05. The average molecular weight is 185 g/mol. The van der Waals surface area contributed by atoms with Gasteiger partial charge in [0, 0.05) is 17.8 Å². The van der Waals surface area contributed by atoms with Crippen molar-refractivity contribution < 1.29 is 8.76 Å². The molecule has 1 aromatic rings. The van der Waals surface area contributed by atoms with Gasteiger partial charge in [0.25, 0.3) is 0 Å². The van der Waals surface area contributed by atoms with Crippen LogP contribution in [0.4, 0.5) is 0 Å². The molecule has 0 amide bonds. The topological polar surface area (TPSA) is 64.2 Å². The van der Waals surface area contributed by atoms with Crippen LogP contribution in [0.15, 0.2) is 30.3 Å². The highest BCUT2D eigenvalue weighted by atomic mass is 32.2. The number of benzene rings is 1. The van der Waals surface area contributed by atoms with Gasteiger partial charge in [-0.25, -0.2) is 5.43 Å². The molecule has 0 radical (unpaired) electrons. The molecule has 0 aliphatic carbocycles. The number of nitrogens with one attached hydrogen (secondary N) is 2. The monoisotopic (exact) mass is 185 g/mol. The third-order valence-electron chi connectivity index (χ3n) is 1.29. The third-order valence-corrected chi connectivity index (χ3v) is 1.60. The highest BCUT2D eigenvalue weighted by Gasteiger charge is 1.87. The second kappa shape index (κ2) is 5.00. The van der Waals surface area contributed by atoms with E-state index in [1.165, 1.54) is 0 Å². The Kier molecular flexibility index (Phi) is 3.89. The van der Waals surface area contributed by atoms with Gasteiger partial charge in [-0.2, -0.15) is 4.83 Å². The lowest BCUT2D eigenvalue weighted by Gasteiger charge is -2.08. The van der Waals surface area contributed by atoms with Gasteiger partial charge < -0.3 is 4.55 Å². The zero-order valence-electron chi connectivity index (χ0n) is 6.32. The molecule has 0 aromatic heterocycles. The highest BCUT2D eigenvalue weighted by Crippen LogP contribution is 1.95. The molecule has 0 aliphatic heterocycles. The lowest BCUT2D eigenvalue weighted by atomic mass is 10.2. The first-order valence-electron chi connectivity index (χ1n) is 3.41. The van der Waals surface area contributed by atoms with Crippen molar-refractivity contribution in [2.24, 2.45) is 0 Å². The molecule has 1 rings (SSSR count). The van der Waals surface area contributed by atoms with E-state index in [1.54, 1.807) is 0 Å². The maximum atomic E-state index is 10.0. The highest BCUT2D eigenvalue weighted by molar-refractivity contribution is 7.76. The summed E-state index contributed by atoms with van der Waals surface area (Å²) in [6.45, 7) is 0.481. The van der Waals surface area contributed by atoms with E-state index in [2.05, 4.69) is 10.3 Å². The first-order chi connectivity index (χ1) is 5.79. The van der Waals surface area contributed by atoms with Crippen LogP contribution in [0.25, 0.3) is 0 Å². The molecule has 5 heteroatoms. The van der Waals surface area contributed by atoms with Crippen LogP contribution in [0.2, 0.25) is 0 Å². The smallest absolute Gasteiger partial charge is 0.0360 e. The molecule has 0 heterocycles. The predicted octanol–water partition coefficient (Wildman–Crippen LogP) is 0.0749. The Bertz CT molecular complexity index is 253. The standard InChI is InChI=1S/C7H10N2O2S/c10-12(11)9-8-6-7-4-2-1-3-5-7/h1-5,8-9H,6H2,(H,10,11)/p-1. The predicted molar refractivity (Wildman–Crippen MR) is 45.3 cm³/mol. The summed E-state index contributed by atoms with van der Waals surface area (Å²) >= 11 is -2.25. The molecule has 2 N–H and O–H groups in total. The van der Waals surface area contributed by atoms with Crippen LogP contribution in [0.5, 0.6) is 0 Å². The van der Waals surface area contributed by atoms with Crippen LogP contribution in [-0.4, -0.2) is 8.76 Å². The maximum Gasteiger partial charge on any atom is 0.0360 e. The Balaban J connectivity index is 2.29. The molecule has 0 fully saturated rings. The summed E-state index contributed by atoms with van der Waals surface area (Å²) in [7, 11) is 0. The van der Waals surface area contributed by atoms with Crippen LogP contribution >= 0.6 is 0 Å². The molecule has 0 saturated carbocycles. The van der Waals surface area contributed by atoms with E-state index in [9.17, 15) is 8.76 Å². The van der Waals surface area contributed by atoms with Gasteiger partial charge in [-0.1, -0.05) is 30.3 Å². The third kappa shape index (κ3) is 3.59. The number of rotatable bonds is 4. The Morgan fingerprint density at radius 1 is 1.33 bits per heavy atom. The zero-order valence-corrected chi connectivity index (χ0v) is 7.14. The normalized spacial score (nSPS) is 12.8. The van der Waals surface area contributed by atoms with Crippen molar-refractivity contribution in [3.05, 3.63) is 35.9 Å². The molecule has 66 valence electrons. The Morgan fingerprint density at radius 3 is 2.58 bits per heavy atom. The first-order valence-corrected chi connectivity index (χ1v) is 4.48. The summed E-state index contributed by atoms with van der Waals surface area (Å²) in [5.74, 6) is 0. The molecule has 1 aromatic carbocycles. The minimum Gasteiger partial charge on any atom is -0.759 e. The van der Waals surface area contributed by atoms with E-state index >= 15 is 0 Å². The number of hydrogen-bond donors (Lipinski definition) is 2. The quantitative estimate of drug-likeness (QED) is 0.515. The van der Waals surface area contributed by atoms with Crippen molar-refractivity contribution in [3.8, 4) is 0 Å². The Morgan fingerprint density at radius 2 is 2.00 bits per heavy atom. The van der Waals surface area contributed by atoms with Gasteiger partial charge in [0.15, 0.2) is 0 Å². The lowest BCUT2D eigenvalue weighted by Crippen LogP contribution is -2.32. The molecular formula is C7H9N2O2S-. The van der Waals surface area contributed by atoms with Crippen molar-refractivity contribution in [3.63, 3.8) is 0 Å². The molecular weight excluding hydrogens is 176 g/mol. The molecule has 4 nitrogen and oxygen atoms in total. The van der Waals surface area contributed by atoms with E-state index in [1.807, 2.05) is 30.3 Å². The molecule has 0 saturated heterocycles. The molecule has 0 bridgehead atoms. The summed E-state index contributed by atoms with van der Waals surface area (Å²) in [4.78, 5) is 2.06. The Labute approximate surface area is 73.4 Å². The van der Waals surface area contributed by atoms with Crippen LogP contribution in [-0.2, 0) is 17.8 Å². The largest absolute Gasteiger partial charge is 0.759 e. The van der Waals surface area contributed by atoms with E-state index in [-0.39, 0.29) is 0 Å². The van der Waals surface area contributed by atoms with E-state index in [4.69, 9.17) is 0 Å². The Hall–Kier alpha value is -0.750. The molecule has 1 atom stereocenters. The lowest BCUT2D eigenvalue weighted by molar-refractivity contribution is 0.503. The summed E-state index contributed by atoms with van der Waals surface area (Å²) in [6, 6.07) is 9.50. The van der Waals surface area contributed by atoms with E-state index in [0.717, 1.165) is 5.56 Å². The van der Waals surface area contributed by atoms with Crippen LogP contribution in [0.1, 0.15) is 5.56 Å². The molecule has 12 heavy (non-hydrogen) atoms. The van der Waals surface area contributed by atoms with Gasteiger partial charge in [0.2, 0.25) is 0 Å². The minimum atomic E-state index is -2.25. The van der Waals surface area contributed by atoms with Crippen molar-refractivity contribution in [1.29, 1.82) is 0 Å². The molecule has 1 unspecified atom stereocenters. The van der Waals surface area contributed by atoms with E-state index < -0.39 is 11.3 Å².